The van der Waals surface area contributed by atoms with E-state index in [1.807, 2.05) is 36.1 Å². The van der Waals surface area contributed by atoms with Crippen LogP contribution in [0.25, 0.3) is 0 Å². The van der Waals surface area contributed by atoms with Crippen LogP contribution in [0.3, 0.4) is 0 Å². The molecule has 0 spiro atoms. The molecule has 0 unspecified atom stereocenters. The molecule has 27 heavy (non-hydrogen) atoms. The number of carboxylic acids is 1. The number of aliphatic carboxylic acids is 1. The fourth-order valence-corrected chi connectivity index (χ4v) is 3.62. The first kappa shape index (κ1) is 21.2. The molecular formula is C20H31N3O4. The van der Waals surface area contributed by atoms with E-state index >= 15 is 0 Å². The minimum absolute atomic E-state index is 0.0289. The van der Waals surface area contributed by atoms with Gasteiger partial charge in [-0.3, -0.25) is 19.4 Å². The summed E-state index contributed by atoms with van der Waals surface area (Å²) in [6.45, 7) is 5.43. The fourth-order valence-electron chi connectivity index (χ4n) is 3.62. The summed E-state index contributed by atoms with van der Waals surface area (Å²) in [6, 6.07) is 8.11. The molecule has 1 amide bonds. The Bertz CT molecular complexity index is 615. The van der Waals surface area contributed by atoms with Crippen LogP contribution < -0.4 is 10.1 Å². The number of methoxy groups -OCH3 is 1. The minimum atomic E-state index is -0.784. The summed E-state index contributed by atoms with van der Waals surface area (Å²) < 4.78 is 5.33. The third-order valence-corrected chi connectivity index (χ3v) is 5.09. The Morgan fingerprint density at radius 3 is 2.63 bits per heavy atom. The van der Waals surface area contributed by atoms with Crippen molar-refractivity contribution in [2.45, 2.75) is 32.2 Å². The van der Waals surface area contributed by atoms with Gasteiger partial charge in [-0.05, 0) is 37.4 Å². The molecule has 0 radical (unpaired) electrons. The second-order valence-corrected chi connectivity index (χ2v) is 6.88. The maximum absolute atomic E-state index is 12.2. The molecular weight excluding hydrogens is 346 g/mol. The van der Waals surface area contributed by atoms with Crippen LogP contribution in [0.4, 0.5) is 0 Å². The molecule has 2 N–H and O–H groups in total. The zero-order chi connectivity index (χ0) is 19.6. The van der Waals surface area contributed by atoms with E-state index in [1.54, 1.807) is 7.11 Å². The van der Waals surface area contributed by atoms with Gasteiger partial charge in [0.2, 0.25) is 5.91 Å². The molecule has 0 saturated carbocycles. The number of piperidine rings is 1. The predicted molar refractivity (Wildman–Crippen MR) is 104 cm³/mol. The zero-order valence-electron chi connectivity index (χ0n) is 16.3. The van der Waals surface area contributed by atoms with Gasteiger partial charge in [-0.15, -0.1) is 0 Å². The normalized spacial score (nSPS) is 15.7. The molecule has 1 aromatic rings. The van der Waals surface area contributed by atoms with Gasteiger partial charge in [0, 0.05) is 25.7 Å². The van der Waals surface area contributed by atoms with Crippen molar-refractivity contribution in [1.82, 2.24) is 15.1 Å². The van der Waals surface area contributed by atoms with Crippen molar-refractivity contribution in [3.63, 3.8) is 0 Å². The van der Waals surface area contributed by atoms with Crippen LogP contribution in [0.2, 0.25) is 0 Å². The lowest BCUT2D eigenvalue weighted by Gasteiger charge is -2.37. The number of likely N-dealkylation sites (N-methyl/N-ethyl adjacent to an activating group) is 1. The van der Waals surface area contributed by atoms with E-state index in [-0.39, 0.29) is 18.5 Å². The Morgan fingerprint density at radius 2 is 2.00 bits per heavy atom. The maximum atomic E-state index is 12.2. The van der Waals surface area contributed by atoms with E-state index in [9.17, 15) is 9.59 Å². The number of ether oxygens (including phenoxy) is 1. The van der Waals surface area contributed by atoms with Gasteiger partial charge < -0.3 is 15.2 Å². The van der Waals surface area contributed by atoms with E-state index in [0.717, 1.165) is 50.2 Å². The van der Waals surface area contributed by atoms with Crippen LogP contribution in [0, 0.1) is 0 Å². The van der Waals surface area contributed by atoms with Crippen molar-refractivity contribution in [2.24, 2.45) is 0 Å². The molecule has 1 aliphatic rings. The topological polar surface area (TPSA) is 82.1 Å². The van der Waals surface area contributed by atoms with Crippen LogP contribution in [0.1, 0.15) is 25.3 Å². The maximum Gasteiger partial charge on any atom is 0.317 e. The highest BCUT2D eigenvalue weighted by molar-refractivity contribution is 5.78. The molecule has 1 saturated heterocycles. The van der Waals surface area contributed by atoms with Gasteiger partial charge in [0.05, 0.1) is 20.2 Å². The summed E-state index contributed by atoms with van der Waals surface area (Å²) in [7, 11) is 1.65. The number of hydrogen-bond acceptors (Lipinski definition) is 5. The molecule has 1 fully saturated rings. The lowest BCUT2D eigenvalue weighted by atomic mass is 10.0. The first-order chi connectivity index (χ1) is 13.0. The van der Waals surface area contributed by atoms with Crippen LogP contribution in [-0.2, 0) is 16.0 Å². The van der Waals surface area contributed by atoms with E-state index in [1.165, 1.54) is 0 Å². The first-order valence-electron chi connectivity index (χ1n) is 9.60. The Kier molecular flexibility index (Phi) is 8.54. The molecule has 2 rings (SSSR count). The number of nitrogens with one attached hydrogen (secondary N) is 1. The molecule has 1 aromatic carbocycles. The van der Waals surface area contributed by atoms with Gasteiger partial charge in [0.1, 0.15) is 5.75 Å². The van der Waals surface area contributed by atoms with Gasteiger partial charge in [0.15, 0.2) is 0 Å². The molecule has 0 aliphatic carbocycles. The van der Waals surface area contributed by atoms with Crippen molar-refractivity contribution in [3.8, 4) is 5.75 Å². The predicted octanol–water partition coefficient (Wildman–Crippen LogP) is 1.22. The van der Waals surface area contributed by atoms with Crippen molar-refractivity contribution < 1.29 is 19.4 Å². The van der Waals surface area contributed by atoms with Crippen LogP contribution in [-0.4, -0.2) is 79.2 Å². The summed E-state index contributed by atoms with van der Waals surface area (Å²) in [5.74, 6) is 0.0885. The molecule has 7 heteroatoms. The standard InChI is InChI=1S/C20H31N3O4/c1-3-23(15-20(25)26)17-9-12-22(13-10-17)14-19(24)21-11-8-16-6-4-5-7-18(16)27-2/h4-7,17H,3,8-15H2,1-2H3,(H,21,24)(H,25,26). The number of carbonyl (C=O) groups is 2. The highest BCUT2D eigenvalue weighted by atomic mass is 16.5. The number of para-hydroxylation sites is 1. The second kappa shape index (κ2) is 10.9. The number of likely N-dealkylation sites (tertiary alicyclic amines) is 1. The number of nitrogens with zero attached hydrogens (tertiary/aromatic N) is 2. The third kappa shape index (κ3) is 6.84. The van der Waals surface area contributed by atoms with Crippen molar-refractivity contribution in [3.05, 3.63) is 29.8 Å². The van der Waals surface area contributed by atoms with Gasteiger partial charge in [-0.2, -0.15) is 0 Å². The Balaban J connectivity index is 1.69. The number of rotatable bonds is 10. The molecule has 1 aliphatic heterocycles. The average molecular weight is 377 g/mol. The quantitative estimate of drug-likeness (QED) is 0.638. The molecule has 1 heterocycles. The summed E-state index contributed by atoms with van der Waals surface area (Å²) in [4.78, 5) is 27.3. The Labute approximate surface area is 161 Å². The lowest BCUT2D eigenvalue weighted by molar-refractivity contribution is -0.139. The van der Waals surface area contributed by atoms with Crippen molar-refractivity contribution in [2.75, 3.05) is 46.4 Å². The van der Waals surface area contributed by atoms with Gasteiger partial charge in [0.25, 0.3) is 0 Å². The molecule has 0 bridgehead atoms. The van der Waals surface area contributed by atoms with Gasteiger partial charge in [-0.1, -0.05) is 25.1 Å². The summed E-state index contributed by atoms with van der Waals surface area (Å²) in [6.07, 6.45) is 2.53. The van der Waals surface area contributed by atoms with E-state index in [4.69, 9.17) is 9.84 Å². The average Bonchev–Trinajstić information content (AvgIpc) is 2.67. The summed E-state index contributed by atoms with van der Waals surface area (Å²) in [5.41, 5.74) is 1.08. The summed E-state index contributed by atoms with van der Waals surface area (Å²) in [5, 5.41) is 12.0. The number of hydrogen-bond donors (Lipinski definition) is 2. The van der Waals surface area contributed by atoms with Crippen LogP contribution >= 0.6 is 0 Å². The minimum Gasteiger partial charge on any atom is -0.496 e. The first-order valence-corrected chi connectivity index (χ1v) is 9.60. The monoisotopic (exact) mass is 377 g/mol. The Hall–Kier alpha value is -2.12. The molecule has 7 nitrogen and oxygen atoms in total. The van der Waals surface area contributed by atoms with E-state index in [2.05, 4.69) is 10.2 Å². The summed E-state index contributed by atoms with van der Waals surface area (Å²) >= 11 is 0. The number of amides is 1. The number of carbonyl (C=O) groups excluding carboxylic acids is 1. The number of benzene rings is 1. The fraction of sp³-hybridized carbons (Fsp3) is 0.600. The van der Waals surface area contributed by atoms with Gasteiger partial charge in [-0.25, -0.2) is 0 Å². The second-order valence-electron chi connectivity index (χ2n) is 6.88. The lowest BCUT2D eigenvalue weighted by Crippen LogP contribution is -2.48. The van der Waals surface area contributed by atoms with E-state index < -0.39 is 5.97 Å². The van der Waals surface area contributed by atoms with Crippen molar-refractivity contribution >= 4 is 11.9 Å². The van der Waals surface area contributed by atoms with Crippen LogP contribution in [0.15, 0.2) is 24.3 Å². The molecule has 0 aromatic heterocycles. The highest BCUT2D eigenvalue weighted by Crippen LogP contribution is 2.18. The Morgan fingerprint density at radius 1 is 1.30 bits per heavy atom. The highest BCUT2D eigenvalue weighted by Gasteiger charge is 2.25. The smallest absolute Gasteiger partial charge is 0.317 e. The molecule has 150 valence electrons. The van der Waals surface area contributed by atoms with Crippen molar-refractivity contribution in [1.29, 1.82) is 0 Å². The largest absolute Gasteiger partial charge is 0.496 e. The third-order valence-electron chi connectivity index (χ3n) is 5.09. The zero-order valence-corrected chi connectivity index (χ0v) is 16.3. The molecule has 0 atom stereocenters. The van der Waals surface area contributed by atoms with Crippen LogP contribution in [0.5, 0.6) is 5.75 Å². The SMILES string of the molecule is CCN(CC(=O)O)C1CCN(CC(=O)NCCc2ccccc2OC)CC1. The van der Waals surface area contributed by atoms with Gasteiger partial charge >= 0.3 is 5.97 Å². The number of carboxylic acid groups (broad SMARTS) is 1. The van der Waals surface area contributed by atoms with E-state index in [0.29, 0.717) is 13.1 Å².